The van der Waals surface area contributed by atoms with Gasteiger partial charge < -0.3 is 15.2 Å². The van der Waals surface area contributed by atoms with E-state index >= 15 is 0 Å². The van der Waals surface area contributed by atoms with Crippen molar-refractivity contribution in [3.63, 3.8) is 0 Å². The first kappa shape index (κ1) is 17.0. The van der Waals surface area contributed by atoms with Gasteiger partial charge in [-0.1, -0.05) is 41.9 Å². The molecule has 1 heterocycles. The highest BCUT2D eigenvalue weighted by molar-refractivity contribution is 5.79. The van der Waals surface area contributed by atoms with E-state index in [0.717, 1.165) is 19.0 Å². The fourth-order valence-corrected chi connectivity index (χ4v) is 2.16. The molecule has 2 N–H and O–H groups in total. The Hall–Kier alpha value is -2.37. The number of rotatable bonds is 6. The van der Waals surface area contributed by atoms with Gasteiger partial charge >= 0.3 is 0 Å². The molecule has 1 unspecified atom stereocenters. The Balaban J connectivity index is 1.91. The average Bonchev–Trinajstić information content (AvgIpc) is 2.96. The van der Waals surface area contributed by atoms with Crippen LogP contribution in [0.2, 0.25) is 0 Å². The van der Waals surface area contributed by atoms with Crippen LogP contribution in [0.3, 0.4) is 0 Å². The van der Waals surface area contributed by atoms with Crippen LogP contribution in [0.15, 0.2) is 33.8 Å². The quantitative estimate of drug-likeness (QED) is 0.633. The molecule has 0 saturated heterocycles. The van der Waals surface area contributed by atoms with Gasteiger partial charge in [-0.05, 0) is 32.3 Å². The van der Waals surface area contributed by atoms with E-state index in [4.69, 9.17) is 4.52 Å². The van der Waals surface area contributed by atoms with Crippen LogP contribution in [-0.2, 0) is 6.54 Å². The number of aromatic nitrogens is 2. The van der Waals surface area contributed by atoms with Crippen molar-refractivity contribution >= 4 is 5.96 Å². The third-order valence-electron chi connectivity index (χ3n) is 3.51. The molecule has 1 aromatic carbocycles. The molecule has 0 fully saturated rings. The number of nitrogens with zero attached hydrogens (tertiary/aromatic N) is 3. The normalized spacial score (nSPS) is 13.0. The van der Waals surface area contributed by atoms with E-state index in [-0.39, 0.29) is 0 Å². The summed E-state index contributed by atoms with van der Waals surface area (Å²) in [7, 11) is 0. The minimum Gasteiger partial charge on any atom is -0.357 e. The molecule has 6 nitrogen and oxygen atoms in total. The van der Waals surface area contributed by atoms with Gasteiger partial charge in [0.25, 0.3) is 0 Å². The summed E-state index contributed by atoms with van der Waals surface area (Å²) in [6, 6.07) is 8.63. The monoisotopic (exact) mass is 315 g/mol. The van der Waals surface area contributed by atoms with E-state index in [1.54, 1.807) is 6.92 Å². The maximum absolute atomic E-state index is 5.08. The van der Waals surface area contributed by atoms with Crippen molar-refractivity contribution in [1.29, 1.82) is 0 Å². The molecule has 0 aliphatic heterocycles. The van der Waals surface area contributed by atoms with Crippen LogP contribution in [-0.4, -0.2) is 29.2 Å². The lowest BCUT2D eigenvalue weighted by molar-refractivity contribution is 0.376. The molecule has 0 bridgehead atoms. The van der Waals surface area contributed by atoms with Crippen LogP contribution in [0.4, 0.5) is 0 Å². The Morgan fingerprint density at radius 2 is 1.96 bits per heavy atom. The molecule has 0 saturated carbocycles. The first-order valence-electron chi connectivity index (χ1n) is 7.96. The SMILES string of the molecule is CCNC(=NCc1nc(C)no1)NCC(C)c1ccc(C)cc1. The molecular formula is C17H25N5O. The third-order valence-corrected chi connectivity index (χ3v) is 3.51. The second kappa shape index (κ2) is 8.31. The molecule has 0 radical (unpaired) electrons. The Morgan fingerprint density at radius 3 is 2.57 bits per heavy atom. The van der Waals surface area contributed by atoms with E-state index in [2.05, 4.69) is 63.9 Å². The van der Waals surface area contributed by atoms with Gasteiger partial charge in [0, 0.05) is 13.1 Å². The van der Waals surface area contributed by atoms with Gasteiger partial charge in [0.2, 0.25) is 5.89 Å². The summed E-state index contributed by atoms with van der Waals surface area (Å²) in [6.45, 7) is 10.1. The molecule has 2 aromatic rings. The Bertz CT molecular complexity index is 633. The van der Waals surface area contributed by atoms with E-state index in [1.165, 1.54) is 11.1 Å². The number of aryl methyl sites for hydroxylation is 2. The van der Waals surface area contributed by atoms with Crippen molar-refractivity contribution in [2.75, 3.05) is 13.1 Å². The molecule has 2 rings (SSSR count). The number of hydrogen-bond donors (Lipinski definition) is 2. The van der Waals surface area contributed by atoms with Crippen LogP contribution < -0.4 is 10.6 Å². The van der Waals surface area contributed by atoms with E-state index in [0.29, 0.717) is 24.2 Å². The summed E-state index contributed by atoms with van der Waals surface area (Å²) in [5.41, 5.74) is 2.59. The molecule has 0 amide bonds. The van der Waals surface area contributed by atoms with Crippen molar-refractivity contribution in [1.82, 2.24) is 20.8 Å². The van der Waals surface area contributed by atoms with Crippen LogP contribution in [0.1, 0.15) is 42.6 Å². The predicted molar refractivity (Wildman–Crippen MR) is 91.4 cm³/mol. The van der Waals surface area contributed by atoms with Gasteiger partial charge in [0.05, 0.1) is 0 Å². The van der Waals surface area contributed by atoms with E-state index in [1.807, 2.05) is 6.92 Å². The van der Waals surface area contributed by atoms with Gasteiger partial charge in [0.1, 0.15) is 6.54 Å². The van der Waals surface area contributed by atoms with Gasteiger partial charge in [0.15, 0.2) is 11.8 Å². The van der Waals surface area contributed by atoms with Crippen LogP contribution >= 0.6 is 0 Å². The first-order valence-corrected chi connectivity index (χ1v) is 7.96. The number of benzene rings is 1. The molecule has 0 aliphatic carbocycles. The minimum absolute atomic E-state index is 0.370. The number of guanidine groups is 1. The Morgan fingerprint density at radius 1 is 1.22 bits per heavy atom. The van der Waals surface area contributed by atoms with Crippen molar-refractivity contribution in [2.24, 2.45) is 4.99 Å². The maximum Gasteiger partial charge on any atom is 0.248 e. The summed E-state index contributed by atoms with van der Waals surface area (Å²) < 4.78 is 5.08. The molecule has 0 spiro atoms. The smallest absolute Gasteiger partial charge is 0.248 e. The number of nitrogens with one attached hydrogen (secondary N) is 2. The van der Waals surface area contributed by atoms with E-state index < -0.39 is 0 Å². The van der Waals surface area contributed by atoms with Gasteiger partial charge in [-0.15, -0.1) is 0 Å². The van der Waals surface area contributed by atoms with Gasteiger partial charge in [-0.2, -0.15) is 4.98 Å². The zero-order chi connectivity index (χ0) is 16.7. The zero-order valence-corrected chi connectivity index (χ0v) is 14.3. The summed E-state index contributed by atoms with van der Waals surface area (Å²) in [4.78, 5) is 8.63. The summed E-state index contributed by atoms with van der Waals surface area (Å²) in [5.74, 6) is 2.29. The van der Waals surface area contributed by atoms with E-state index in [9.17, 15) is 0 Å². The molecule has 1 aromatic heterocycles. The van der Waals surface area contributed by atoms with Crippen molar-refractivity contribution in [2.45, 2.75) is 40.2 Å². The summed E-state index contributed by atoms with van der Waals surface area (Å²) >= 11 is 0. The van der Waals surface area contributed by atoms with Crippen molar-refractivity contribution < 1.29 is 4.52 Å². The molecule has 1 atom stereocenters. The first-order chi connectivity index (χ1) is 11.1. The fourth-order valence-electron chi connectivity index (χ4n) is 2.16. The lowest BCUT2D eigenvalue weighted by atomic mass is 10.0. The van der Waals surface area contributed by atoms with Crippen LogP contribution in [0.5, 0.6) is 0 Å². The topological polar surface area (TPSA) is 75.3 Å². The molecule has 124 valence electrons. The second-order valence-electron chi connectivity index (χ2n) is 5.62. The van der Waals surface area contributed by atoms with Crippen LogP contribution in [0, 0.1) is 13.8 Å². The molecule has 23 heavy (non-hydrogen) atoms. The number of hydrogen-bond acceptors (Lipinski definition) is 4. The Labute approximate surface area is 137 Å². The van der Waals surface area contributed by atoms with Crippen LogP contribution in [0.25, 0.3) is 0 Å². The zero-order valence-electron chi connectivity index (χ0n) is 14.3. The molecular weight excluding hydrogens is 290 g/mol. The maximum atomic E-state index is 5.08. The standard InChI is InChI=1S/C17H25N5O/c1-5-18-17(20-11-16-21-14(4)22-23-16)19-10-13(3)15-8-6-12(2)7-9-15/h6-9,13H,5,10-11H2,1-4H3,(H2,18,19,20). The lowest BCUT2D eigenvalue weighted by Crippen LogP contribution is -2.39. The van der Waals surface area contributed by atoms with Gasteiger partial charge in [-0.3, -0.25) is 0 Å². The Kier molecular flexibility index (Phi) is 6.14. The second-order valence-corrected chi connectivity index (χ2v) is 5.62. The summed E-state index contributed by atoms with van der Waals surface area (Å²) in [5, 5.41) is 10.3. The minimum atomic E-state index is 0.370. The lowest BCUT2D eigenvalue weighted by Gasteiger charge is -2.16. The summed E-state index contributed by atoms with van der Waals surface area (Å²) in [6.07, 6.45) is 0. The van der Waals surface area contributed by atoms with Crippen molar-refractivity contribution in [3.8, 4) is 0 Å². The van der Waals surface area contributed by atoms with Gasteiger partial charge in [-0.25, -0.2) is 4.99 Å². The average molecular weight is 315 g/mol. The largest absolute Gasteiger partial charge is 0.357 e. The highest BCUT2D eigenvalue weighted by atomic mass is 16.5. The highest BCUT2D eigenvalue weighted by Crippen LogP contribution is 2.14. The third kappa shape index (κ3) is 5.39. The fraction of sp³-hybridized carbons (Fsp3) is 0.471. The number of aliphatic imine (C=N–C) groups is 1. The van der Waals surface area contributed by atoms with Crippen molar-refractivity contribution in [3.05, 3.63) is 47.1 Å². The molecule has 0 aliphatic rings. The predicted octanol–water partition coefficient (Wildman–Crippen LogP) is 2.55. The highest BCUT2D eigenvalue weighted by Gasteiger charge is 2.07. The molecule has 6 heteroatoms.